The zero-order chi connectivity index (χ0) is 14.0. The first kappa shape index (κ1) is 17.0. The smallest absolute Gasteiger partial charge is 0.255 e. The fourth-order valence-corrected chi connectivity index (χ4v) is 3.95. The highest BCUT2D eigenvalue weighted by Gasteiger charge is 2.46. The number of methoxy groups -OCH3 is 1. The van der Waals surface area contributed by atoms with Crippen molar-refractivity contribution in [3.63, 3.8) is 0 Å². The minimum atomic E-state index is -0.607. The van der Waals surface area contributed by atoms with Gasteiger partial charge in [0.05, 0.1) is 18.8 Å². The molecule has 3 fully saturated rings. The number of hydrogen-bond acceptors (Lipinski definition) is 4. The quantitative estimate of drug-likeness (QED) is 0.835. The van der Waals surface area contributed by atoms with Gasteiger partial charge in [-0.25, -0.2) is 0 Å². The number of nitrogens with one attached hydrogen (secondary N) is 1. The molecule has 5 nitrogen and oxygen atoms in total. The molecule has 0 aromatic heterocycles. The molecule has 3 rings (SSSR count). The third-order valence-corrected chi connectivity index (χ3v) is 5.18. The van der Waals surface area contributed by atoms with E-state index in [4.69, 9.17) is 9.47 Å². The van der Waals surface area contributed by atoms with Gasteiger partial charge >= 0.3 is 0 Å². The van der Waals surface area contributed by atoms with Crippen LogP contribution in [0.2, 0.25) is 0 Å². The Labute approximate surface area is 133 Å². The lowest BCUT2D eigenvalue weighted by Gasteiger charge is -2.47. The van der Waals surface area contributed by atoms with Crippen molar-refractivity contribution in [1.29, 1.82) is 0 Å². The Balaban J connectivity index is 0.00000161. The molecule has 2 saturated heterocycles. The Hall–Kier alpha value is -0.360. The summed E-state index contributed by atoms with van der Waals surface area (Å²) in [7, 11) is 1.68. The molecule has 1 N–H and O–H groups in total. The fraction of sp³-hybridized carbons (Fsp3) is 0.933. The van der Waals surface area contributed by atoms with E-state index in [0.29, 0.717) is 6.61 Å². The van der Waals surface area contributed by atoms with E-state index >= 15 is 0 Å². The average molecular weight is 319 g/mol. The molecule has 0 aromatic rings. The molecule has 0 spiro atoms. The van der Waals surface area contributed by atoms with E-state index in [1.165, 1.54) is 12.8 Å². The number of fused-ring (bicyclic) bond motifs is 1. The number of carbonyl (C=O) groups is 1. The highest BCUT2D eigenvalue weighted by atomic mass is 35.5. The number of ether oxygens (including phenoxy) is 2. The van der Waals surface area contributed by atoms with E-state index in [-0.39, 0.29) is 30.5 Å². The van der Waals surface area contributed by atoms with Crippen LogP contribution < -0.4 is 5.32 Å². The topological polar surface area (TPSA) is 50.8 Å². The normalized spacial score (nSPS) is 32.0. The summed E-state index contributed by atoms with van der Waals surface area (Å²) in [6, 6.07) is 0.270. The van der Waals surface area contributed by atoms with Crippen LogP contribution in [-0.4, -0.2) is 61.9 Å². The third-order valence-electron chi connectivity index (χ3n) is 5.18. The maximum atomic E-state index is 13.1. The standard InChI is InChI=1S/C15H26N2O3.ClH/c1-19-15(6-8-16-9-7-15)14(18)17-10-11-20-13-5-3-2-4-12(13)17;/h12-13,16H,2-11H2,1H3;1H. The second kappa shape index (κ2) is 7.27. The first-order chi connectivity index (χ1) is 9.77. The van der Waals surface area contributed by atoms with Crippen LogP contribution in [0.1, 0.15) is 38.5 Å². The van der Waals surface area contributed by atoms with E-state index in [9.17, 15) is 4.79 Å². The molecule has 6 heteroatoms. The molecule has 21 heavy (non-hydrogen) atoms. The zero-order valence-electron chi connectivity index (χ0n) is 12.8. The largest absolute Gasteiger partial charge is 0.374 e. The second-order valence-corrected chi connectivity index (χ2v) is 6.21. The maximum absolute atomic E-state index is 13.1. The van der Waals surface area contributed by atoms with Crippen LogP contribution in [0.15, 0.2) is 0 Å². The summed E-state index contributed by atoms with van der Waals surface area (Å²) in [6.45, 7) is 3.11. The summed E-state index contributed by atoms with van der Waals surface area (Å²) in [5.41, 5.74) is -0.607. The van der Waals surface area contributed by atoms with Crippen LogP contribution in [0, 0.1) is 0 Å². The number of halogens is 1. The first-order valence-corrected chi connectivity index (χ1v) is 7.95. The molecule has 2 atom stereocenters. The Morgan fingerprint density at radius 2 is 2.00 bits per heavy atom. The van der Waals surface area contributed by atoms with Crippen molar-refractivity contribution >= 4 is 18.3 Å². The number of amides is 1. The monoisotopic (exact) mass is 318 g/mol. The molecule has 2 heterocycles. The molecule has 1 aliphatic carbocycles. The van der Waals surface area contributed by atoms with Crippen molar-refractivity contribution in [2.45, 2.75) is 56.3 Å². The van der Waals surface area contributed by atoms with E-state index < -0.39 is 5.60 Å². The van der Waals surface area contributed by atoms with Gasteiger partial charge in [0.15, 0.2) is 0 Å². The predicted molar refractivity (Wildman–Crippen MR) is 82.8 cm³/mol. The van der Waals surface area contributed by atoms with Gasteiger partial charge in [0.25, 0.3) is 5.91 Å². The summed E-state index contributed by atoms with van der Waals surface area (Å²) in [5, 5.41) is 3.31. The summed E-state index contributed by atoms with van der Waals surface area (Å²) < 4.78 is 11.6. The predicted octanol–water partition coefficient (Wildman–Crippen LogP) is 1.35. The van der Waals surface area contributed by atoms with Gasteiger partial charge in [0.2, 0.25) is 0 Å². The van der Waals surface area contributed by atoms with Gasteiger partial charge in [-0.2, -0.15) is 0 Å². The summed E-state index contributed by atoms with van der Waals surface area (Å²) in [5.74, 6) is 0.196. The minimum Gasteiger partial charge on any atom is -0.374 e. The molecule has 2 unspecified atom stereocenters. The van der Waals surface area contributed by atoms with Crippen LogP contribution in [0.5, 0.6) is 0 Å². The summed E-state index contributed by atoms with van der Waals surface area (Å²) in [6.07, 6.45) is 6.40. The van der Waals surface area contributed by atoms with Crippen molar-refractivity contribution in [3.05, 3.63) is 0 Å². The maximum Gasteiger partial charge on any atom is 0.255 e. The molecule has 0 aromatic carbocycles. The van der Waals surface area contributed by atoms with Crippen molar-refractivity contribution in [2.24, 2.45) is 0 Å². The number of nitrogens with zero attached hydrogens (tertiary/aromatic N) is 1. The zero-order valence-corrected chi connectivity index (χ0v) is 13.6. The lowest BCUT2D eigenvalue weighted by atomic mass is 9.86. The van der Waals surface area contributed by atoms with Crippen LogP contribution in [-0.2, 0) is 14.3 Å². The van der Waals surface area contributed by atoms with Crippen LogP contribution in [0.4, 0.5) is 0 Å². The number of rotatable bonds is 2. The Morgan fingerprint density at radius 1 is 1.29 bits per heavy atom. The molecule has 3 aliphatic rings. The van der Waals surface area contributed by atoms with Gasteiger partial charge in [0.1, 0.15) is 5.60 Å². The number of carbonyl (C=O) groups excluding carboxylic acids is 1. The lowest BCUT2D eigenvalue weighted by Crippen LogP contribution is -2.62. The van der Waals surface area contributed by atoms with Crippen LogP contribution in [0.25, 0.3) is 0 Å². The minimum absolute atomic E-state index is 0. The summed E-state index contributed by atoms with van der Waals surface area (Å²) >= 11 is 0. The SMILES string of the molecule is COC1(C(=O)N2CCOC3CCCCC32)CCNCC1.Cl. The van der Waals surface area contributed by atoms with Gasteiger partial charge in [-0.3, -0.25) is 4.79 Å². The van der Waals surface area contributed by atoms with E-state index in [1.807, 2.05) is 0 Å². The van der Waals surface area contributed by atoms with Gasteiger partial charge in [-0.1, -0.05) is 12.8 Å². The molecule has 122 valence electrons. The number of morpholine rings is 1. The average Bonchev–Trinajstić information content (AvgIpc) is 2.54. The Bertz CT molecular complexity index is 359. The number of hydrogen-bond donors (Lipinski definition) is 1. The van der Waals surface area contributed by atoms with Crippen LogP contribution in [0.3, 0.4) is 0 Å². The Kier molecular flexibility index (Phi) is 5.88. The van der Waals surface area contributed by atoms with Gasteiger partial charge in [-0.05, 0) is 38.8 Å². The van der Waals surface area contributed by atoms with Crippen molar-refractivity contribution in [2.75, 3.05) is 33.4 Å². The molecule has 1 amide bonds. The molecule has 0 radical (unpaired) electrons. The molecular formula is C15H27ClN2O3. The van der Waals surface area contributed by atoms with E-state index in [0.717, 1.165) is 45.3 Å². The highest BCUT2D eigenvalue weighted by Crippen LogP contribution is 2.33. The van der Waals surface area contributed by atoms with Crippen LogP contribution >= 0.6 is 12.4 Å². The number of piperidine rings is 1. The van der Waals surface area contributed by atoms with Crippen molar-refractivity contribution in [3.8, 4) is 0 Å². The van der Waals surface area contributed by atoms with Crippen molar-refractivity contribution < 1.29 is 14.3 Å². The lowest BCUT2D eigenvalue weighted by molar-refractivity contribution is -0.174. The summed E-state index contributed by atoms with van der Waals surface area (Å²) in [4.78, 5) is 15.2. The van der Waals surface area contributed by atoms with E-state index in [2.05, 4.69) is 10.2 Å². The molecule has 1 saturated carbocycles. The van der Waals surface area contributed by atoms with E-state index in [1.54, 1.807) is 7.11 Å². The highest BCUT2D eigenvalue weighted by molar-refractivity contribution is 5.86. The van der Waals surface area contributed by atoms with Gasteiger partial charge < -0.3 is 19.7 Å². The van der Waals surface area contributed by atoms with Crippen molar-refractivity contribution in [1.82, 2.24) is 10.2 Å². The second-order valence-electron chi connectivity index (χ2n) is 6.21. The van der Waals surface area contributed by atoms with Gasteiger partial charge in [0, 0.05) is 13.7 Å². The molecule has 2 aliphatic heterocycles. The third kappa shape index (κ3) is 3.21. The molecular weight excluding hydrogens is 292 g/mol. The first-order valence-electron chi connectivity index (χ1n) is 7.95. The van der Waals surface area contributed by atoms with Gasteiger partial charge in [-0.15, -0.1) is 12.4 Å². The Morgan fingerprint density at radius 3 is 2.71 bits per heavy atom. The molecule has 0 bridgehead atoms. The fourth-order valence-electron chi connectivity index (χ4n) is 3.95.